The molecule has 4 rings (SSSR count). The molecule has 3 heterocycles. The highest BCUT2D eigenvalue weighted by Crippen LogP contribution is 2.21. The van der Waals surface area contributed by atoms with Gasteiger partial charge in [-0.05, 0) is 55.2 Å². The first-order valence-corrected chi connectivity index (χ1v) is 23.1. The SMILES string of the molecule is CC[C@H](C)[C@@H]1NC(=O)[C@H](Cc2ccc(O)cc2)NC(=O)CNC(=O)CC[C@@H](C(=O)N2CCC[C@H]2C(=O)N[C@@H](CC(C)C)C(=O)NCC(N)=O)NC(=O)[C@H](CC(N)=O)NC(=O)[C@H](Cc2cnc[nH]2)NC1=O. The van der Waals surface area contributed by atoms with Crippen molar-refractivity contribution in [2.45, 2.75) is 128 Å². The molecule has 70 heavy (non-hydrogen) atoms. The number of hydrogen-bond acceptors (Lipinski definition) is 13. The van der Waals surface area contributed by atoms with Crippen LogP contribution in [0.25, 0.3) is 0 Å². The molecule has 2 fully saturated rings. The molecule has 0 spiro atoms. The number of likely N-dealkylation sites (tertiary alicyclic amines) is 1. The van der Waals surface area contributed by atoms with Gasteiger partial charge in [0.15, 0.2) is 0 Å². The molecule has 2 aromatic rings. The molecule has 0 bridgehead atoms. The van der Waals surface area contributed by atoms with Gasteiger partial charge in [0.25, 0.3) is 0 Å². The van der Waals surface area contributed by atoms with Crippen molar-refractivity contribution in [1.82, 2.24) is 57.4 Å². The molecule has 0 aliphatic carbocycles. The first-order valence-electron chi connectivity index (χ1n) is 23.1. The number of carbonyl (C=O) groups excluding carboxylic acids is 11. The number of phenolic OH excluding ortho intramolecular Hbond substituents is 1. The summed E-state index contributed by atoms with van der Waals surface area (Å²) in [4.78, 5) is 157. The average Bonchev–Trinajstić information content (AvgIpc) is 4.02. The van der Waals surface area contributed by atoms with Gasteiger partial charge in [0.1, 0.15) is 48.0 Å². The van der Waals surface area contributed by atoms with Gasteiger partial charge in [-0.25, -0.2) is 4.98 Å². The molecule has 382 valence electrons. The second kappa shape index (κ2) is 26.2. The van der Waals surface area contributed by atoms with Crippen molar-refractivity contribution < 1.29 is 57.8 Å². The Hall–Kier alpha value is -7.60. The number of carbonyl (C=O) groups is 11. The standard InChI is InChI=1S/C45H65N13O12/c1-5-24(4)38-44(69)56-31(17-26-19-48-22-51-26)40(65)54-32(18-34(46)60)41(66)53-28(12-13-36(62)49-21-37(63)52-30(42(67)57-38)16-25-8-10-27(59)11-9-25)45(70)58-14-6-7-33(58)43(68)55-29(15-23(2)3)39(64)50-20-35(47)61/h8-11,19,22-24,28-33,38,59H,5-7,12-18,20-21H2,1-4H3,(H2,46,60)(H2,47,61)(H,48,51)(H,49,62)(H,50,64)(H,52,63)(H,53,66)(H,54,65)(H,55,68)(H,56,69)(H,57,67)/t24-,28-,29-,30-,31-,32-,33-,38-/m0/s1. The third-order valence-corrected chi connectivity index (χ3v) is 11.8. The third kappa shape index (κ3) is 16.9. The number of nitrogens with one attached hydrogen (secondary N) is 9. The minimum atomic E-state index is -1.76. The number of amides is 11. The molecule has 8 atom stereocenters. The minimum Gasteiger partial charge on any atom is -0.508 e. The molecule has 2 aliphatic rings. The number of aromatic nitrogens is 2. The summed E-state index contributed by atoms with van der Waals surface area (Å²) in [6.07, 6.45) is 1.60. The van der Waals surface area contributed by atoms with Crippen LogP contribution >= 0.6 is 0 Å². The molecule has 0 saturated carbocycles. The molecule has 2 saturated heterocycles. The monoisotopic (exact) mass is 979 g/mol. The van der Waals surface area contributed by atoms with Crippen molar-refractivity contribution in [3.8, 4) is 5.75 Å². The summed E-state index contributed by atoms with van der Waals surface area (Å²) in [5.41, 5.74) is 11.6. The molecular weight excluding hydrogens is 915 g/mol. The van der Waals surface area contributed by atoms with Crippen molar-refractivity contribution in [1.29, 1.82) is 0 Å². The third-order valence-electron chi connectivity index (χ3n) is 11.8. The predicted octanol–water partition coefficient (Wildman–Crippen LogP) is -3.72. The number of imidazole rings is 1. The van der Waals surface area contributed by atoms with Crippen LogP contribution in [-0.2, 0) is 65.6 Å². The lowest BCUT2D eigenvalue weighted by molar-refractivity contribution is -0.143. The van der Waals surface area contributed by atoms with Crippen LogP contribution < -0.4 is 54.0 Å². The Labute approximate surface area is 403 Å². The van der Waals surface area contributed by atoms with Crippen molar-refractivity contribution in [2.24, 2.45) is 23.3 Å². The molecule has 25 heteroatoms. The summed E-state index contributed by atoms with van der Waals surface area (Å²) in [7, 11) is 0. The summed E-state index contributed by atoms with van der Waals surface area (Å²) in [5.74, 6) is -10.1. The van der Waals surface area contributed by atoms with Gasteiger partial charge in [-0.1, -0.05) is 46.2 Å². The lowest BCUT2D eigenvalue weighted by Gasteiger charge is -2.31. The van der Waals surface area contributed by atoms with Gasteiger partial charge in [-0.2, -0.15) is 0 Å². The van der Waals surface area contributed by atoms with Crippen LogP contribution in [0.5, 0.6) is 5.75 Å². The second-order valence-electron chi connectivity index (χ2n) is 17.9. The Balaban J connectivity index is 1.71. The second-order valence-corrected chi connectivity index (χ2v) is 17.9. The van der Waals surface area contributed by atoms with Gasteiger partial charge in [0.2, 0.25) is 65.0 Å². The van der Waals surface area contributed by atoms with Crippen molar-refractivity contribution >= 4 is 65.0 Å². The van der Waals surface area contributed by atoms with Crippen LogP contribution in [0.15, 0.2) is 36.8 Å². The molecule has 0 unspecified atom stereocenters. The quantitative estimate of drug-likeness (QED) is 0.0771. The van der Waals surface area contributed by atoms with E-state index in [1.54, 1.807) is 27.7 Å². The number of H-pyrrole nitrogens is 1. The number of nitrogens with zero attached hydrogens (tertiary/aromatic N) is 2. The van der Waals surface area contributed by atoms with Gasteiger partial charge < -0.3 is 69.0 Å². The molecule has 14 N–H and O–H groups in total. The van der Waals surface area contributed by atoms with E-state index in [4.69, 9.17) is 11.5 Å². The van der Waals surface area contributed by atoms with Crippen LogP contribution in [-0.4, -0.2) is 147 Å². The van der Waals surface area contributed by atoms with Crippen LogP contribution in [0.2, 0.25) is 0 Å². The first-order chi connectivity index (χ1) is 33.1. The molecule has 25 nitrogen and oxygen atoms in total. The zero-order valence-corrected chi connectivity index (χ0v) is 39.6. The number of aromatic hydroxyl groups is 1. The smallest absolute Gasteiger partial charge is 0.245 e. The fourth-order valence-electron chi connectivity index (χ4n) is 7.89. The summed E-state index contributed by atoms with van der Waals surface area (Å²) in [6, 6.07) is -3.93. The lowest BCUT2D eigenvalue weighted by Crippen LogP contribution is -2.61. The van der Waals surface area contributed by atoms with Crippen LogP contribution in [0.3, 0.4) is 0 Å². The first kappa shape index (κ1) is 55.0. The number of primary amides is 2. The van der Waals surface area contributed by atoms with E-state index in [2.05, 4.69) is 52.5 Å². The van der Waals surface area contributed by atoms with Crippen LogP contribution in [0.1, 0.15) is 83.9 Å². The van der Waals surface area contributed by atoms with Crippen molar-refractivity contribution in [3.05, 3.63) is 48.0 Å². The normalized spacial score (nSPS) is 23.0. The van der Waals surface area contributed by atoms with E-state index in [0.29, 0.717) is 24.1 Å². The highest BCUT2D eigenvalue weighted by molar-refractivity contribution is 5.99. The summed E-state index contributed by atoms with van der Waals surface area (Å²) in [5, 5.41) is 30.2. The Morgan fingerprint density at radius 2 is 1.47 bits per heavy atom. The van der Waals surface area contributed by atoms with Gasteiger partial charge in [-0.15, -0.1) is 0 Å². The maximum Gasteiger partial charge on any atom is 0.245 e. The zero-order chi connectivity index (χ0) is 51.7. The van der Waals surface area contributed by atoms with E-state index in [-0.39, 0.29) is 43.9 Å². The number of phenols is 1. The van der Waals surface area contributed by atoms with E-state index in [9.17, 15) is 57.8 Å². The highest BCUT2D eigenvalue weighted by Gasteiger charge is 2.41. The Kier molecular flexibility index (Phi) is 20.6. The molecular formula is C45H65N13O12. The number of benzene rings is 1. The molecule has 11 amide bonds. The Bertz CT molecular complexity index is 2220. The van der Waals surface area contributed by atoms with Gasteiger partial charge >= 0.3 is 0 Å². The molecule has 1 aromatic heterocycles. The molecule has 1 aromatic carbocycles. The predicted molar refractivity (Wildman–Crippen MR) is 248 cm³/mol. The van der Waals surface area contributed by atoms with E-state index in [1.807, 2.05) is 0 Å². The average molecular weight is 980 g/mol. The van der Waals surface area contributed by atoms with Crippen LogP contribution in [0, 0.1) is 11.8 Å². The van der Waals surface area contributed by atoms with Gasteiger partial charge in [0, 0.05) is 37.7 Å². The van der Waals surface area contributed by atoms with Gasteiger partial charge in [-0.3, -0.25) is 52.7 Å². The fraction of sp³-hybridized carbons (Fsp3) is 0.556. The maximum absolute atomic E-state index is 14.5. The fourth-order valence-corrected chi connectivity index (χ4v) is 7.89. The molecule has 0 radical (unpaired) electrons. The largest absolute Gasteiger partial charge is 0.508 e. The van der Waals surface area contributed by atoms with E-state index < -0.39 is 146 Å². The van der Waals surface area contributed by atoms with E-state index >= 15 is 0 Å². The molecule has 2 aliphatic heterocycles. The topological polar surface area (TPSA) is 388 Å². The van der Waals surface area contributed by atoms with E-state index in [1.165, 1.54) is 41.7 Å². The Morgan fingerprint density at radius 1 is 0.814 bits per heavy atom. The summed E-state index contributed by atoms with van der Waals surface area (Å²) >= 11 is 0. The Morgan fingerprint density at radius 3 is 2.10 bits per heavy atom. The summed E-state index contributed by atoms with van der Waals surface area (Å²) in [6.45, 7) is 5.92. The maximum atomic E-state index is 14.5. The highest BCUT2D eigenvalue weighted by atomic mass is 16.3. The number of rotatable bonds is 16. The number of hydrogen-bond donors (Lipinski definition) is 12. The van der Waals surface area contributed by atoms with Crippen LogP contribution in [0.4, 0.5) is 0 Å². The zero-order valence-electron chi connectivity index (χ0n) is 39.6. The van der Waals surface area contributed by atoms with E-state index in [0.717, 1.165) is 0 Å². The lowest BCUT2D eigenvalue weighted by atomic mass is 9.96. The number of nitrogens with two attached hydrogens (primary N) is 2. The minimum absolute atomic E-state index is 0.00529. The van der Waals surface area contributed by atoms with Gasteiger partial charge in [0.05, 0.1) is 25.8 Å². The summed E-state index contributed by atoms with van der Waals surface area (Å²) < 4.78 is 0. The van der Waals surface area contributed by atoms with Crippen molar-refractivity contribution in [3.63, 3.8) is 0 Å². The number of aromatic amines is 1. The van der Waals surface area contributed by atoms with Crippen molar-refractivity contribution in [2.75, 3.05) is 19.6 Å².